The minimum Gasteiger partial charge on any atom is -0.349 e. The first-order valence-corrected chi connectivity index (χ1v) is 11.3. The Hall–Kier alpha value is -3.75. The Morgan fingerprint density at radius 3 is 2.61 bits per heavy atom. The van der Waals surface area contributed by atoms with Crippen molar-refractivity contribution >= 4 is 23.3 Å². The van der Waals surface area contributed by atoms with Crippen LogP contribution < -0.4 is 10.6 Å². The average molecular weight is 447 g/mol. The van der Waals surface area contributed by atoms with Crippen molar-refractivity contribution in [3.8, 4) is 11.3 Å². The van der Waals surface area contributed by atoms with Crippen LogP contribution in [-0.4, -0.2) is 44.1 Å². The molecular formula is C24H26N6O3. The summed E-state index contributed by atoms with van der Waals surface area (Å²) in [5.41, 5.74) is 4.08. The topological polar surface area (TPSA) is 122 Å². The van der Waals surface area contributed by atoms with Gasteiger partial charge < -0.3 is 10.6 Å². The number of rotatable bonds is 5. The van der Waals surface area contributed by atoms with Crippen LogP contribution in [0.3, 0.4) is 0 Å². The Kier molecular flexibility index (Phi) is 5.53. The molecule has 3 heterocycles. The van der Waals surface area contributed by atoms with Gasteiger partial charge in [0.2, 0.25) is 5.91 Å². The molecule has 0 radical (unpaired) electrons. The van der Waals surface area contributed by atoms with Crippen LogP contribution in [0.1, 0.15) is 52.2 Å². The van der Waals surface area contributed by atoms with Crippen LogP contribution in [0.5, 0.6) is 0 Å². The van der Waals surface area contributed by atoms with Crippen molar-refractivity contribution in [3.05, 3.63) is 53.5 Å². The van der Waals surface area contributed by atoms with Crippen molar-refractivity contribution in [2.45, 2.75) is 39.2 Å². The molecule has 2 amide bonds. The SMILES string of the molecule is Cc1cc(-c2ccc(C(=O)C3CCCCC3C(=O)Nc3cnn4c3C(=O)NCC4)cc2)n[nH]1. The molecule has 2 unspecified atom stereocenters. The number of carbonyl (C=O) groups excluding carboxylic acids is 3. The van der Waals surface area contributed by atoms with Gasteiger partial charge in [0.05, 0.1) is 24.1 Å². The first kappa shape index (κ1) is 21.1. The number of amides is 2. The molecule has 2 aliphatic rings. The van der Waals surface area contributed by atoms with E-state index >= 15 is 0 Å². The molecular weight excluding hydrogens is 420 g/mol. The van der Waals surface area contributed by atoms with Gasteiger partial charge in [-0.3, -0.25) is 24.2 Å². The summed E-state index contributed by atoms with van der Waals surface area (Å²) in [5, 5.41) is 17.0. The lowest BCUT2D eigenvalue weighted by Gasteiger charge is -2.29. The fourth-order valence-corrected chi connectivity index (χ4v) is 4.81. The molecule has 3 N–H and O–H groups in total. The van der Waals surface area contributed by atoms with E-state index < -0.39 is 11.8 Å². The number of nitrogens with one attached hydrogen (secondary N) is 3. The standard InChI is InChI=1S/C24H26N6O3/c1-14-12-19(29-28-14)15-6-8-16(9-7-15)22(31)17-4-2-3-5-18(17)23(32)27-20-13-26-30-11-10-25-24(33)21(20)30/h6-9,12-13,17-18H,2-5,10-11H2,1H3,(H,25,33)(H,27,32)(H,28,29). The fourth-order valence-electron chi connectivity index (χ4n) is 4.81. The van der Waals surface area contributed by atoms with E-state index in [1.807, 2.05) is 37.3 Å². The monoisotopic (exact) mass is 446 g/mol. The van der Waals surface area contributed by atoms with Crippen LogP contribution in [0.4, 0.5) is 5.69 Å². The Balaban J connectivity index is 1.33. The van der Waals surface area contributed by atoms with E-state index in [9.17, 15) is 14.4 Å². The van der Waals surface area contributed by atoms with Crippen LogP contribution in [0.15, 0.2) is 36.5 Å². The molecule has 1 fully saturated rings. The summed E-state index contributed by atoms with van der Waals surface area (Å²) in [4.78, 5) is 38.8. The summed E-state index contributed by atoms with van der Waals surface area (Å²) >= 11 is 0. The van der Waals surface area contributed by atoms with Crippen molar-refractivity contribution in [2.75, 3.05) is 11.9 Å². The van der Waals surface area contributed by atoms with Gasteiger partial charge in [0.15, 0.2) is 5.78 Å². The molecule has 2 aromatic heterocycles. The molecule has 170 valence electrons. The number of Topliss-reactive ketones (excluding diaryl/α,β-unsaturated/α-hetero) is 1. The quantitative estimate of drug-likeness (QED) is 0.520. The van der Waals surface area contributed by atoms with E-state index in [2.05, 4.69) is 25.9 Å². The van der Waals surface area contributed by atoms with Crippen molar-refractivity contribution in [2.24, 2.45) is 11.8 Å². The number of aryl methyl sites for hydroxylation is 1. The molecule has 0 bridgehead atoms. The van der Waals surface area contributed by atoms with Crippen LogP contribution in [0.2, 0.25) is 0 Å². The van der Waals surface area contributed by atoms with E-state index in [-0.39, 0.29) is 17.6 Å². The zero-order chi connectivity index (χ0) is 22.9. The van der Waals surface area contributed by atoms with E-state index in [0.29, 0.717) is 42.9 Å². The summed E-state index contributed by atoms with van der Waals surface area (Å²) in [6.45, 7) is 3.02. The van der Waals surface area contributed by atoms with Gasteiger partial charge in [-0.05, 0) is 25.8 Å². The lowest BCUT2D eigenvalue weighted by molar-refractivity contribution is -0.122. The summed E-state index contributed by atoms with van der Waals surface area (Å²) in [6, 6.07) is 9.35. The number of carbonyl (C=O) groups is 3. The van der Waals surface area contributed by atoms with Gasteiger partial charge in [0.1, 0.15) is 5.69 Å². The molecule has 3 aromatic rings. The average Bonchev–Trinajstić information content (AvgIpc) is 3.46. The van der Waals surface area contributed by atoms with E-state index in [0.717, 1.165) is 29.8 Å². The summed E-state index contributed by atoms with van der Waals surface area (Å²) < 4.78 is 1.60. The third-order valence-electron chi connectivity index (χ3n) is 6.53. The molecule has 9 heteroatoms. The molecule has 9 nitrogen and oxygen atoms in total. The van der Waals surface area contributed by atoms with Crippen LogP contribution >= 0.6 is 0 Å². The lowest BCUT2D eigenvalue weighted by atomic mass is 9.75. The Bertz CT molecular complexity index is 1210. The van der Waals surface area contributed by atoms with E-state index in [4.69, 9.17) is 0 Å². The van der Waals surface area contributed by atoms with Gasteiger partial charge in [-0.1, -0.05) is 37.1 Å². The van der Waals surface area contributed by atoms with Crippen LogP contribution in [0, 0.1) is 18.8 Å². The third-order valence-corrected chi connectivity index (χ3v) is 6.53. The number of aromatic nitrogens is 4. The minimum atomic E-state index is -0.442. The number of nitrogens with zero attached hydrogens (tertiary/aromatic N) is 3. The van der Waals surface area contributed by atoms with E-state index in [1.165, 1.54) is 6.20 Å². The molecule has 1 aliphatic carbocycles. The van der Waals surface area contributed by atoms with Crippen molar-refractivity contribution in [3.63, 3.8) is 0 Å². The summed E-state index contributed by atoms with van der Waals surface area (Å²) in [6.07, 6.45) is 4.63. The van der Waals surface area contributed by atoms with Gasteiger partial charge in [0.25, 0.3) is 5.91 Å². The minimum absolute atomic E-state index is 0.0191. The number of aromatic amines is 1. The normalized spacial score (nSPS) is 20.1. The Morgan fingerprint density at radius 1 is 1.12 bits per heavy atom. The number of fused-ring (bicyclic) bond motifs is 1. The Labute approximate surface area is 191 Å². The van der Waals surface area contributed by atoms with Crippen molar-refractivity contribution < 1.29 is 14.4 Å². The highest BCUT2D eigenvalue weighted by Crippen LogP contribution is 2.34. The van der Waals surface area contributed by atoms with Crippen molar-refractivity contribution in [1.29, 1.82) is 0 Å². The second kappa shape index (κ2) is 8.65. The predicted molar refractivity (Wildman–Crippen MR) is 122 cm³/mol. The number of hydrogen-bond acceptors (Lipinski definition) is 5. The van der Waals surface area contributed by atoms with Gasteiger partial charge in [-0.15, -0.1) is 0 Å². The number of benzene rings is 1. The highest BCUT2D eigenvalue weighted by molar-refractivity contribution is 6.06. The molecule has 2 atom stereocenters. The number of H-pyrrole nitrogens is 1. The third kappa shape index (κ3) is 4.06. The highest BCUT2D eigenvalue weighted by atomic mass is 16.2. The van der Waals surface area contributed by atoms with Gasteiger partial charge in [-0.2, -0.15) is 10.2 Å². The van der Waals surface area contributed by atoms with Gasteiger partial charge >= 0.3 is 0 Å². The van der Waals surface area contributed by atoms with Crippen molar-refractivity contribution in [1.82, 2.24) is 25.3 Å². The molecule has 33 heavy (non-hydrogen) atoms. The molecule has 1 saturated carbocycles. The first-order valence-electron chi connectivity index (χ1n) is 11.3. The molecule has 5 rings (SSSR count). The zero-order valence-electron chi connectivity index (χ0n) is 18.4. The van der Waals surface area contributed by atoms with Crippen LogP contribution in [0.25, 0.3) is 11.3 Å². The van der Waals surface area contributed by atoms with Crippen LogP contribution in [-0.2, 0) is 11.3 Å². The maximum Gasteiger partial charge on any atom is 0.271 e. The maximum absolute atomic E-state index is 13.4. The number of anilines is 1. The summed E-state index contributed by atoms with van der Waals surface area (Å²) in [5.74, 6) is -1.34. The maximum atomic E-state index is 13.4. The molecule has 0 saturated heterocycles. The fraction of sp³-hybridized carbons (Fsp3) is 0.375. The molecule has 0 spiro atoms. The predicted octanol–water partition coefficient (Wildman–Crippen LogP) is 2.95. The highest BCUT2D eigenvalue weighted by Gasteiger charge is 2.37. The smallest absolute Gasteiger partial charge is 0.271 e. The number of ketones is 1. The Morgan fingerprint density at radius 2 is 1.88 bits per heavy atom. The van der Waals surface area contributed by atoms with Gasteiger partial charge in [-0.25, -0.2) is 0 Å². The zero-order valence-corrected chi connectivity index (χ0v) is 18.4. The summed E-state index contributed by atoms with van der Waals surface area (Å²) in [7, 11) is 0. The largest absolute Gasteiger partial charge is 0.349 e. The second-order valence-electron chi connectivity index (χ2n) is 8.75. The van der Waals surface area contributed by atoms with Gasteiger partial charge in [0, 0.05) is 35.2 Å². The van der Waals surface area contributed by atoms with E-state index in [1.54, 1.807) is 4.68 Å². The first-order chi connectivity index (χ1) is 16.0. The second-order valence-corrected chi connectivity index (χ2v) is 8.75. The lowest BCUT2D eigenvalue weighted by Crippen LogP contribution is -2.38. The molecule has 1 aromatic carbocycles. The number of hydrogen-bond donors (Lipinski definition) is 3. The molecule has 1 aliphatic heterocycles.